The van der Waals surface area contributed by atoms with Crippen LogP contribution in [0.4, 0.5) is 0 Å². The molecule has 0 aromatic heterocycles. The second-order valence-electron chi connectivity index (χ2n) is 7.40. The minimum atomic E-state index is 0.593. The Morgan fingerprint density at radius 1 is 0.960 bits per heavy atom. The van der Waals surface area contributed by atoms with Crippen LogP contribution in [0.3, 0.4) is 0 Å². The van der Waals surface area contributed by atoms with E-state index in [1.165, 1.54) is 36.8 Å². The average Bonchev–Trinajstić information content (AvgIpc) is 2.89. The smallest absolute Gasteiger partial charge is 0.0991 e. The lowest BCUT2D eigenvalue weighted by Crippen LogP contribution is -2.48. The largest absolute Gasteiger partial charge is 0.310 e. The van der Waals surface area contributed by atoms with Crippen molar-refractivity contribution >= 4 is 0 Å². The van der Waals surface area contributed by atoms with Crippen LogP contribution in [0, 0.1) is 11.3 Å². The van der Waals surface area contributed by atoms with Gasteiger partial charge >= 0.3 is 0 Å². The third-order valence-corrected chi connectivity index (χ3v) is 5.74. The number of hydrogen-bond donors (Lipinski definition) is 1. The van der Waals surface area contributed by atoms with Crippen LogP contribution in [0.2, 0.25) is 0 Å². The molecule has 3 heteroatoms. The van der Waals surface area contributed by atoms with Crippen LogP contribution in [-0.2, 0) is 13.1 Å². The molecule has 128 valence electrons. The van der Waals surface area contributed by atoms with Gasteiger partial charge in [0.2, 0.25) is 0 Å². The summed E-state index contributed by atoms with van der Waals surface area (Å²) in [6.45, 7) is 1.95. The molecule has 3 nitrogen and oxygen atoms in total. The predicted molar refractivity (Wildman–Crippen MR) is 99.8 cm³/mol. The maximum Gasteiger partial charge on any atom is 0.0991 e. The zero-order valence-electron chi connectivity index (χ0n) is 14.6. The van der Waals surface area contributed by atoms with Gasteiger partial charge < -0.3 is 5.32 Å². The first-order valence-electron chi connectivity index (χ1n) is 9.34. The van der Waals surface area contributed by atoms with Crippen LogP contribution in [0.15, 0.2) is 54.6 Å². The van der Waals surface area contributed by atoms with Crippen LogP contribution in [0.5, 0.6) is 0 Å². The Balaban J connectivity index is 1.34. The molecule has 2 unspecified atom stereocenters. The number of piperidine rings is 1. The van der Waals surface area contributed by atoms with Gasteiger partial charge in [-0.05, 0) is 48.9 Å². The second kappa shape index (κ2) is 7.39. The summed E-state index contributed by atoms with van der Waals surface area (Å²) in [5.41, 5.74) is 3.38. The van der Waals surface area contributed by atoms with Crippen molar-refractivity contribution in [3.8, 4) is 6.07 Å². The Morgan fingerprint density at radius 2 is 1.68 bits per heavy atom. The van der Waals surface area contributed by atoms with Gasteiger partial charge in [-0.1, -0.05) is 42.5 Å². The number of hydrogen-bond acceptors (Lipinski definition) is 3. The molecule has 0 spiro atoms. The van der Waals surface area contributed by atoms with Crippen LogP contribution < -0.4 is 5.32 Å². The molecule has 2 aliphatic heterocycles. The molecule has 2 fully saturated rings. The van der Waals surface area contributed by atoms with Crippen LogP contribution >= 0.6 is 0 Å². The molecule has 2 aromatic rings. The van der Waals surface area contributed by atoms with Gasteiger partial charge in [-0.3, -0.25) is 4.90 Å². The molecular weight excluding hydrogens is 306 g/mol. The summed E-state index contributed by atoms with van der Waals surface area (Å²) in [5, 5.41) is 12.8. The van der Waals surface area contributed by atoms with Gasteiger partial charge in [-0.15, -0.1) is 0 Å². The summed E-state index contributed by atoms with van der Waals surface area (Å²) >= 11 is 0. The maximum absolute atomic E-state index is 9.03. The number of rotatable bonds is 5. The van der Waals surface area contributed by atoms with Gasteiger partial charge in [-0.2, -0.15) is 5.26 Å². The monoisotopic (exact) mass is 331 g/mol. The quantitative estimate of drug-likeness (QED) is 0.905. The predicted octanol–water partition coefficient (Wildman–Crippen LogP) is 3.84. The number of nitrogens with zero attached hydrogens (tertiary/aromatic N) is 2. The third-order valence-electron chi connectivity index (χ3n) is 5.74. The fraction of sp³-hybridized carbons (Fsp3) is 0.409. The number of benzene rings is 2. The first-order valence-corrected chi connectivity index (χ1v) is 9.34. The van der Waals surface area contributed by atoms with E-state index in [1.807, 2.05) is 18.2 Å². The van der Waals surface area contributed by atoms with Gasteiger partial charge in [0, 0.05) is 31.2 Å². The highest BCUT2D eigenvalue weighted by atomic mass is 15.2. The molecule has 25 heavy (non-hydrogen) atoms. The van der Waals surface area contributed by atoms with E-state index < -0.39 is 0 Å². The average molecular weight is 331 g/mol. The molecule has 1 N–H and O–H groups in total. The minimum Gasteiger partial charge on any atom is -0.310 e. The molecule has 2 heterocycles. The van der Waals surface area contributed by atoms with E-state index >= 15 is 0 Å². The lowest BCUT2D eigenvalue weighted by molar-refractivity contribution is 0.109. The van der Waals surface area contributed by atoms with E-state index in [9.17, 15) is 0 Å². The highest BCUT2D eigenvalue weighted by molar-refractivity contribution is 5.32. The van der Waals surface area contributed by atoms with Gasteiger partial charge in [0.15, 0.2) is 0 Å². The van der Waals surface area contributed by atoms with Crippen LogP contribution in [0.1, 0.15) is 42.4 Å². The van der Waals surface area contributed by atoms with Crippen LogP contribution in [0.25, 0.3) is 0 Å². The van der Waals surface area contributed by atoms with Crippen molar-refractivity contribution in [1.29, 1.82) is 5.26 Å². The van der Waals surface area contributed by atoms with Crippen molar-refractivity contribution in [1.82, 2.24) is 10.2 Å². The Labute approximate surface area is 150 Å². The molecular formula is C22H25N3. The van der Waals surface area contributed by atoms with E-state index in [2.05, 4.69) is 52.7 Å². The normalized spacial score (nSPS) is 25.6. The maximum atomic E-state index is 9.03. The Morgan fingerprint density at radius 3 is 2.40 bits per heavy atom. The Hall–Kier alpha value is -2.15. The molecule has 0 aliphatic carbocycles. The van der Waals surface area contributed by atoms with Crippen LogP contribution in [-0.4, -0.2) is 23.0 Å². The van der Waals surface area contributed by atoms with Crippen molar-refractivity contribution in [3.63, 3.8) is 0 Å². The topological polar surface area (TPSA) is 39.1 Å². The lowest BCUT2D eigenvalue weighted by Gasteiger charge is -2.39. The Bertz CT molecular complexity index is 735. The van der Waals surface area contributed by atoms with E-state index in [1.54, 1.807) is 0 Å². The lowest BCUT2D eigenvalue weighted by atomic mass is 9.96. The summed E-state index contributed by atoms with van der Waals surface area (Å²) in [6, 6.07) is 23.0. The number of fused-ring (bicyclic) bond motifs is 2. The molecule has 2 bridgehead atoms. The molecule has 2 atom stereocenters. The van der Waals surface area contributed by atoms with Crippen molar-refractivity contribution in [2.24, 2.45) is 0 Å². The zero-order chi connectivity index (χ0) is 17.1. The summed E-state index contributed by atoms with van der Waals surface area (Å²) in [5.74, 6) is 0. The highest BCUT2D eigenvalue weighted by Gasteiger charge is 2.40. The van der Waals surface area contributed by atoms with E-state index in [0.29, 0.717) is 18.1 Å². The van der Waals surface area contributed by atoms with E-state index in [-0.39, 0.29) is 0 Å². The van der Waals surface area contributed by atoms with E-state index in [4.69, 9.17) is 5.26 Å². The van der Waals surface area contributed by atoms with Crippen molar-refractivity contribution < 1.29 is 0 Å². The minimum absolute atomic E-state index is 0.593. The first-order chi connectivity index (χ1) is 12.3. The fourth-order valence-electron chi connectivity index (χ4n) is 4.51. The van der Waals surface area contributed by atoms with Gasteiger partial charge in [0.1, 0.15) is 0 Å². The van der Waals surface area contributed by atoms with Gasteiger partial charge in [0.25, 0.3) is 0 Å². The summed E-state index contributed by atoms with van der Waals surface area (Å²) in [4.78, 5) is 2.73. The van der Waals surface area contributed by atoms with Crippen molar-refractivity contribution in [2.45, 2.75) is 56.9 Å². The molecule has 4 rings (SSSR count). The molecule has 2 saturated heterocycles. The third kappa shape index (κ3) is 3.76. The summed E-state index contributed by atoms with van der Waals surface area (Å²) < 4.78 is 0. The Kier molecular flexibility index (Phi) is 4.83. The molecule has 0 radical (unpaired) electrons. The second-order valence-corrected chi connectivity index (χ2v) is 7.40. The zero-order valence-corrected chi connectivity index (χ0v) is 14.6. The van der Waals surface area contributed by atoms with Crippen molar-refractivity contribution in [2.75, 3.05) is 0 Å². The fourth-order valence-corrected chi connectivity index (χ4v) is 4.51. The highest BCUT2D eigenvalue weighted by Crippen LogP contribution is 2.36. The molecule has 2 aromatic carbocycles. The standard InChI is InChI=1S/C22H25N3/c23-14-18-7-4-8-19(11-18)15-24-20-12-21-9-10-22(13-20)25(21)16-17-5-2-1-3-6-17/h1-8,11,20-22,24H,9-10,12-13,15-16H2. The first kappa shape index (κ1) is 16.3. The molecule has 0 saturated carbocycles. The van der Waals surface area contributed by atoms with Gasteiger partial charge in [0.05, 0.1) is 11.6 Å². The summed E-state index contributed by atoms with van der Waals surface area (Å²) in [7, 11) is 0. The SMILES string of the molecule is N#Cc1cccc(CNC2CC3CCC(C2)N3Cc2ccccc2)c1. The number of nitrogens with one attached hydrogen (secondary N) is 1. The summed E-state index contributed by atoms with van der Waals surface area (Å²) in [6.07, 6.45) is 5.14. The number of nitriles is 1. The van der Waals surface area contributed by atoms with Gasteiger partial charge in [-0.25, -0.2) is 0 Å². The van der Waals surface area contributed by atoms with Crippen molar-refractivity contribution in [3.05, 3.63) is 71.3 Å². The van der Waals surface area contributed by atoms with E-state index in [0.717, 1.165) is 18.7 Å². The molecule has 0 amide bonds. The molecule has 2 aliphatic rings.